The van der Waals surface area contributed by atoms with Gasteiger partial charge in [0.05, 0.1) is 4.90 Å². The van der Waals surface area contributed by atoms with Crippen molar-refractivity contribution in [1.29, 1.82) is 0 Å². The highest BCUT2D eigenvalue weighted by Crippen LogP contribution is 2.08. The molecule has 1 unspecified atom stereocenters. The van der Waals surface area contributed by atoms with E-state index in [0.29, 0.717) is 0 Å². The molecule has 0 heterocycles. The quantitative estimate of drug-likeness (QED) is 0.365. The summed E-state index contributed by atoms with van der Waals surface area (Å²) in [6.45, 7) is 8.92. The summed E-state index contributed by atoms with van der Waals surface area (Å²) in [7, 11) is -4.02. The van der Waals surface area contributed by atoms with E-state index in [1.54, 1.807) is 12.1 Å². The molecule has 0 bridgehead atoms. The van der Waals surface area contributed by atoms with E-state index in [4.69, 9.17) is 19.8 Å². The predicted octanol–water partition coefficient (Wildman–Crippen LogP) is 1.79. The molecule has 1 rings (SSSR count). The second kappa shape index (κ2) is 12.8. The highest BCUT2D eigenvalue weighted by atomic mass is 32.2. The molecule has 0 aliphatic carbocycles. The predicted molar refractivity (Wildman–Crippen MR) is 101 cm³/mol. The Bertz CT molecular complexity index is 727. The lowest BCUT2D eigenvalue weighted by atomic mass is 10.2. The lowest BCUT2D eigenvalue weighted by molar-refractivity contribution is -0.145. The van der Waals surface area contributed by atoms with Crippen LogP contribution in [0.5, 0.6) is 0 Å². The molecule has 9 heteroatoms. The van der Waals surface area contributed by atoms with E-state index in [-0.39, 0.29) is 31.0 Å². The fraction of sp³-hybridized carbons (Fsp3) is 0.333. The molecule has 0 aromatic heterocycles. The minimum Gasteiger partial charge on any atom is -0.461 e. The van der Waals surface area contributed by atoms with Gasteiger partial charge in [-0.25, -0.2) is 0 Å². The van der Waals surface area contributed by atoms with Crippen molar-refractivity contribution in [3.8, 4) is 0 Å². The van der Waals surface area contributed by atoms with Gasteiger partial charge in [-0.05, 0) is 25.5 Å². The molecule has 1 atom stereocenters. The highest BCUT2D eigenvalue weighted by Gasteiger charge is 2.16. The molecule has 150 valence electrons. The Hall–Kier alpha value is -2.49. The topological polar surface area (TPSA) is 133 Å². The zero-order chi connectivity index (χ0) is 20.9. The van der Waals surface area contributed by atoms with Gasteiger partial charge in [0.2, 0.25) is 0 Å². The number of carbonyl (C=O) groups excluding carboxylic acids is 2. The van der Waals surface area contributed by atoms with Crippen molar-refractivity contribution in [3.63, 3.8) is 0 Å². The van der Waals surface area contributed by atoms with E-state index in [2.05, 4.69) is 13.2 Å². The van der Waals surface area contributed by atoms with Crippen LogP contribution in [0.2, 0.25) is 0 Å². The van der Waals surface area contributed by atoms with Crippen molar-refractivity contribution in [3.05, 3.63) is 55.1 Å². The first-order valence-corrected chi connectivity index (χ1v) is 9.39. The summed E-state index contributed by atoms with van der Waals surface area (Å²) in [6.07, 6.45) is 3.20. The van der Waals surface area contributed by atoms with Gasteiger partial charge in [0.1, 0.15) is 19.3 Å². The molecule has 0 saturated heterocycles. The van der Waals surface area contributed by atoms with E-state index in [1.165, 1.54) is 24.3 Å². The van der Waals surface area contributed by atoms with Crippen molar-refractivity contribution in [2.75, 3.05) is 13.2 Å². The Morgan fingerprint density at radius 2 is 1.67 bits per heavy atom. The number of esters is 2. The first-order valence-electron chi connectivity index (χ1n) is 7.95. The maximum absolute atomic E-state index is 11.2. The molecule has 0 saturated carbocycles. The molecule has 1 aromatic rings. The van der Waals surface area contributed by atoms with E-state index >= 15 is 0 Å². The number of hydrogen-bond donors (Lipinski definition) is 2. The summed E-state index contributed by atoms with van der Waals surface area (Å²) in [6, 6.07) is 5.18. The number of ether oxygens (including phenoxy) is 2. The van der Waals surface area contributed by atoms with Crippen LogP contribution in [-0.4, -0.2) is 44.2 Å². The van der Waals surface area contributed by atoms with Crippen LogP contribution < -0.4 is 5.73 Å². The third kappa shape index (κ3) is 11.7. The van der Waals surface area contributed by atoms with Crippen molar-refractivity contribution < 1.29 is 32.0 Å². The molecule has 1 aromatic carbocycles. The molecule has 27 heavy (non-hydrogen) atoms. The molecule has 0 aliphatic heterocycles. The van der Waals surface area contributed by atoms with Gasteiger partial charge in [0, 0.05) is 6.42 Å². The first kappa shape index (κ1) is 24.5. The van der Waals surface area contributed by atoms with Crippen molar-refractivity contribution in [1.82, 2.24) is 0 Å². The van der Waals surface area contributed by atoms with Crippen molar-refractivity contribution >= 4 is 22.1 Å². The van der Waals surface area contributed by atoms with Crippen molar-refractivity contribution in [2.24, 2.45) is 5.73 Å². The summed E-state index contributed by atoms with van der Waals surface area (Å²) in [4.78, 5) is 22.1. The monoisotopic (exact) mass is 399 g/mol. The summed E-state index contributed by atoms with van der Waals surface area (Å²) < 4.78 is 39.0. The molecule has 0 fully saturated rings. The summed E-state index contributed by atoms with van der Waals surface area (Å²) in [5.41, 5.74) is 6.45. The molecule has 8 nitrogen and oxygen atoms in total. The van der Waals surface area contributed by atoms with Gasteiger partial charge < -0.3 is 15.2 Å². The summed E-state index contributed by atoms with van der Waals surface area (Å²) in [5, 5.41) is 0. The third-order valence-electron chi connectivity index (χ3n) is 2.99. The molecule has 0 radical (unpaired) electrons. The van der Waals surface area contributed by atoms with Gasteiger partial charge in [-0.2, -0.15) is 8.42 Å². The number of carbonyl (C=O) groups is 2. The molecular formula is C18H25NO7S. The SMILES string of the molecule is C=CCOC(=O)CCC(N)C(=O)OCC=C.Cc1ccc(S(=O)(=O)O)cc1. The number of hydrogen-bond acceptors (Lipinski definition) is 7. The Morgan fingerprint density at radius 1 is 1.15 bits per heavy atom. The fourth-order valence-electron chi connectivity index (χ4n) is 1.57. The van der Waals surface area contributed by atoms with Gasteiger partial charge in [-0.15, -0.1) is 0 Å². The Morgan fingerprint density at radius 3 is 2.15 bits per heavy atom. The molecule has 0 spiro atoms. The largest absolute Gasteiger partial charge is 0.461 e. The van der Waals surface area contributed by atoms with Gasteiger partial charge in [0.25, 0.3) is 10.1 Å². The average Bonchev–Trinajstić information content (AvgIpc) is 2.62. The van der Waals surface area contributed by atoms with Crippen LogP contribution in [0.3, 0.4) is 0 Å². The van der Waals surface area contributed by atoms with Crippen LogP contribution in [0, 0.1) is 6.92 Å². The lowest BCUT2D eigenvalue weighted by Gasteiger charge is -2.09. The number of aryl methyl sites for hydroxylation is 1. The van der Waals surface area contributed by atoms with Gasteiger partial charge in [0.15, 0.2) is 0 Å². The standard InChI is InChI=1S/C11H17NO4.C7H8O3S/c1-3-7-15-10(13)6-5-9(12)11(14)16-8-4-2;1-6-2-4-7(5-3-6)11(8,9)10/h3-4,9H,1-2,5-8,12H2;2-5H,1H3,(H,8,9,10). The van der Waals surface area contributed by atoms with E-state index in [9.17, 15) is 18.0 Å². The van der Waals surface area contributed by atoms with Crippen LogP contribution in [0.4, 0.5) is 0 Å². The first-order chi connectivity index (χ1) is 12.6. The molecule has 0 amide bonds. The van der Waals surface area contributed by atoms with Gasteiger partial charge in [-0.1, -0.05) is 43.0 Å². The van der Waals surface area contributed by atoms with Crippen molar-refractivity contribution in [2.45, 2.75) is 30.7 Å². The zero-order valence-corrected chi connectivity index (χ0v) is 16.0. The lowest BCUT2D eigenvalue weighted by Crippen LogP contribution is -2.33. The van der Waals surface area contributed by atoms with Crippen LogP contribution in [0.1, 0.15) is 18.4 Å². The average molecular weight is 399 g/mol. The van der Waals surface area contributed by atoms with Crippen LogP contribution in [-0.2, 0) is 29.2 Å². The summed E-state index contributed by atoms with van der Waals surface area (Å²) >= 11 is 0. The smallest absolute Gasteiger partial charge is 0.323 e. The van der Waals surface area contributed by atoms with E-state index in [1.807, 2.05) is 6.92 Å². The van der Waals surface area contributed by atoms with Crippen LogP contribution in [0.25, 0.3) is 0 Å². The Kier molecular flexibility index (Phi) is 11.6. The molecular weight excluding hydrogens is 374 g/mol. The van der Waals surface area contributed by atoms with Crippen LogP contribution >= 0.6 is 0 Å². The molecule has 3 N–H and O–H groups in total. The van der Waals surface area contributed by atoms with Crippen LogP contribution in [0.15, 0.2) is 54.5 Å². The Labute approximate surface area is 159 Å². The highest BCUT2D eigenvalue weighted by molar-refractivity contribution is 7.85. The van der Waals surface area contributed by atoms with Gasteiger partial charge in [-0.3, -0.25) is 14.1 Å². The summed E-state index contributed by atoms with van der Waals surface area (Å²) in [5.74, 6) is -0.955. The second-order valence-electron chi connectivity index (χ2n) is 5.32. The number of nitrogens with two attached hydrogens (primary N) is 1. The van der Waals surface area contributed by atoms with E-state index in [0.717, 1.165) is 5.56 Å². The molecule has 0 aliphatic rings. The van der Waals surface area contributed by atoms with E-state index < -0.39 is 28.1 Å². The second-order valence-corrected chi connectivity index (χ2v) is 6.75. The maximum atomic E-state index is 11.2. The minimum atomic E-state index is -4.02. The normalized spacial score (nSPS) is 11.4. The zero-order valence-electron chi connectivity index (χ0n) is 15.2. The maximum Gasteiger partial charge on any atom is 0.323 e. The third-order valence-corrected chi connectivity index (χ3v) is 3.85. The Balaban J connectivity index is 0.000000533. The number of benzene rings is 1. The fourth-order valence-corrected chi connectivity index (χ4v) is 2.05. The number of rotatable bonds is 9. The minimum absolute atomic E-state index is 0.0666. The van der Waals surface area contributed by atoms with Gasteiger partial charge >= 0.3 is 11.9 Å².